The van der Waals surface area contributed by atoms with E-state index in [1.54, 1.807) is 47.5 Å². The molecule has 1 unspecified atom stereocenters. The second kappa shape index (κ2) is 9.91. The van der Waals surface area contributed by atoms with Crippen LogP contribution in [0, 0.1) is 12.7 Å². The van der Waals surface area contributed by atoms with Gasteiger partial charge in [0.05, 0.1) is 17.0 Å². The molecule has 0 aliphatic carbocycles. The highest BCUT2D eigenvalue weighted by Crippen LogP contribution is 2.43. The zero-order chi connectivity index (χ0) is 25.4. The van der Waals surface area contributed by atoms with Gasteiger partial charge in [-0.2, -0.15) is 0 Å². The fraction of sp³-hybridized carbons (Fsp3) is 0.286. The van der Waals surface area contributed by atoms with E-state index in [9.17, 15) is 14.3 Å². The number of hydrogen-bond acceptors (Lipinski definition) is 5. The lowest BCUT2D eigenvalue weighted by Gasteiger charge is -2.36. The van der Waals surface area contributed by atoms with Crippen molar-refractivity contribution in [3.8, 4) is 16.9 Å². The van der Waals surface area contributed by atoms with Crippen LogP contribution in [-0.4, -0.2) is 48.4 Å². The lowest BCUT2D eigenvalue weighted by molar-refractivity contribution is -0.131. The van der Waals surface area contributed by atoms with E-state index in [1.807, 2.05) is 25.1 Å². The topological polar surface area (TPSA) is 68.2 Å². The molecule has 1 amide bonds. The molecule has 186 valence electrons. The molecule has 3 aromatic rings. The Morgan fingerprint density at radius 1 is 1.25 bits per heavy atom. The van der Waals surface area contributed by atoms with Gasteiger partial charge in [-0.15, -0.1) is 0 Å². The zero-order valence-electron chi connectivity index (χ0n) is 20.2. The van der Waals surface area contributed by atoms with Crippen molar-refractivity contribution in [3.05, 3.63) is 76.6 Å². The van der Waals surface area contributed by atoms with Crippen LogP contribution >= 0.6 is 11.6 Å². The first kappa shape index (κ1) is 24.3. The molecular weight excluding hydrogens is 479 g/mol. The van der Waals surface area contributed by atoms with E-state index in [0.29, 0.717) is 34.1 Å². The van der Waals surface area contributed by atoms with Crippen molar-refractivity contribution in [1.29, 1.82) is 0 Å². The number of phenols is 1. The van der Waals surface area contributed by atoms with Crippen LogP contribution in [0.1, 0.15) is 30.0 Å². The minimum Gasteiger partial charge on any atom is -0.508 e. The molecule has 1 fully saturated rings. The van der Waals surface area contributed by atoms with Crippen LogP contribution in [0.15, 0.2) is 59.6 Å². The fourth-order valence-corrected chi connectivity index (χ4v) is 5.29. The van der Waals surface area contributed by atoms with Crippen molar-refractivity contribution in [2.45, 2.75) is 31.8 Å². The number of benzene rings is 3. The van der Waals surface area contributed by atoms with Crippen molar-refractivity contribution in [2.24, 2.45) is 4.99 Å². The molecule has 2 aliphatic heterocycles. The maximum absolute atomic E-state index is 14.4. The standard InChI is InChI=1S/C28H28ClFN4O2/c1-17-9-19(30)12-21(10-17)34-16-32-26-14-25(29)23(18-5-3-7-22(35)11-18)13-24(26)27(34)28(36)33(2)15-20-6-4-8-31-20/h3,5,7,9-14,16,20,27,31,35H,4,6,8,15H2,1-2H3/t20-,27?/m0/s1. The highest BCUT2D eigenvalue weighted by atomic mass is 35.5. The first-order valence-electron chi connectivity index (χ1n) is 12.0. The molecule has 0 spiro atoms. The zero-order valence-corrected chi connectivity index (χ0v) is 21.0. The van der Waals surface area contributed by atoms with E-state index in [1.165, 1.54) is 12.1 Å². The fourth-order valence-electron chi connectivity index (χ4n) is 5.02. The van der Waals surface area contributed by atoms with Gasteiger partial charge in [0.25, 0.3) is 0 Å². The summed E-state index contributed by atoms with van der Waals surface area (Å²) in [6.07, 6.45) is 3.68. The number of nitrogens with one attached hydrogen (secondary N) is 1. The summed E-state index contributed by atoms with van der Waals surface area (Å²) in [5.41, 5.74) is 3.94. The number of anilines is 1. The number of aryl methyl sites for hydroxylation is 1. The number of likely N-dealkylation sites (N-methyl/N-ethyl adjacent to an activating group) is 1. The van der Waals surface area contributed by atoms with Crippen LogP contribution in [0.25, 0.3) is 11.1 Å². The number of carbonyl (C=O) groups excluding carboxylic acids is 1. The maximum atomic E-state index is 14.4. The van der Waals surface area contributed by atoms with Crippen LogP contribution < -0.4 is 10.2 Å². The second-order valence-corrected chi connectivity index (χ2v) is 9.90. The van der Waals surface area contributed by atoms with E-state index < -0.39 is 6.04 Å². The molecule has 2 atom stereocenters. The summed E-state index contributed by atoms with van der Waals surface area (Å²) in [6.45, 7) is 3.34. The normalized spacial score (nSPS) is 18.8. The Labute approximate surface area is 215 Å². The Kier molecular flexibility index (Phi) is 6.69. The molecule has 1 saturated heterocycles. The molecule has 36 heavy (non-hydrogen) atoms. The maximum Gasteiger partial charge on any atom is 0.250 e. The molecule has 0 bridgehead atoms. The van der Waals surface area contributed by atoms with Crippen molar-refractivity contribution < 1.29 is 14.3 Å². The summed E-state index contributed by atoms with van der Waals surface area (Å²) in [5, 5.41) is 13.9. The number of carbonyl (C=O) groups is 1. The van der Waals surface area contributed by atoms with Gasteiger partial charge in [0, 0.05) is 36.4 Å². The SMILES string of the molecule is Cc1cc(F)cc(N2C=Nc3cc(Cl)c(-c4cccc(O)c4)cc3C2C(=O)N(C)C[C@@H]2CCCN2)c1. The smallest absolute Gasteiger partial charge is 0.250 e. The van der Waals surface area contributed by atoms with Gasteiger partial charge in [0.15, 0.2) is 0 Å². The molecule has 0 saturated carbocycles. The lowest BCUT2D eigenvalue weighted by atomic mass is 9.94. The molecule has 3 aromatic carbocycles. The number of aromatic hydroxyl groups is 1. The van der Waals surface area contributed by atoms with Gasteiger partial charge in [-0.25, -0.2) is 9.38 Å². The van der Waals surface area contributed by atoms with Gasteiger partial charge in [0.2, 0.25) is 5.91 Å². The van der Waals surface area contributed by atoms with Gasteiger partial charge < -0.3 is 20.2 Å². The van der Waals surface area contributed by atoms with Gasteiger partial charge >= 0.3 is 0 Å². The van der Waals surface area contributed by atoms with Crippen LogP contribution in [-0.2, 0) is 4.79 Å². The largest absolute Gasteiger partial charge is 0.508 e. The monoisotopic (exact) mass is 506 g/mol. The number of fused-ring (bicyclic) bond motifs is 1. The molecule has 2 N–H and O–H groups in total. The third-order valence-electron chi connectivity index (χ3n) is 6.76. The molecule has 2 aliphatic rings. The minimum atomic E-state index is -0.765. The third kappa shape index (κ3) is 4.81. The van der Waals surface area contributed by atoms with Gasteiger partial charge in [-0.1, -0.05) is 23.7 Å². The number of rotatable bonds is 5. The van der Waals surface area contributed by atoms with Crippen LogP contribution in [0.5, 0.6) is 5.75 Å². The number of hydrogen-bond donors (Lipinski definition) is 2. The summed E-state index contributed by atoms with van der Waals surface area (Å²) >= 11 is 6.62. The molecule has 0 aromatic heterocycles. The van der Waals surface area contributed by atoms with Crippen LogP contribution in [0.2, 0.25) is 5.02 Å². The van der Waals surface area contributed by atoms with Gasteiger partial charge in [-0.3, -0.25) is 4.79 Å². The first-order valence-corrected chi connectivity index (χ1v) is 12.4. The average molecular weight is 507 g/mol. The predicted molar refractivity (Wildman–Crippen MR) is 142 cm³/mol. The summed E-state index contributed by atoms with van der Waals surface area (Å²) in [6, 6.07) is 14.6. The quantitative estimate of drug-likeness (QED) is 0.473. The van der Waals surface area contributed by atoms with E-state index >= 15 is 0 Å². The highest BCUT2D eigenvalue weighted by molar-refractivity contribution is 6.33. The number of halogens is 2. The summed E-state index contributed by atoms with van der Waals surface area (Å²) in [4.78, 5) is 22.1. The van der Waals surface area contributed by atoms with E-state index in [0.717, 1.165) is 30.5 Å². The van der Waals surface area contributed by atoms with Crippen molar-refractivity contribution in [3.63, 3.8) is 0 Å². The number of phenolic OH excluding ortho intramolecular Hbond substituents is 1. The second-order valence-electron chi connectivity index (χ2n) is 9.49. The third-order valence-corrected chi connectivity index (χ3v) is 7.07. The van der Waals surface area contributed by atoms with Crippen molar-refractivity contribution >= 4 is 35.2 Å². The van der Waals surface area contributed by atoms with Gasteiger partial charge in [-0.05, 0) is 79.9 Å². The Balaban J connectivity index is 1.61. The van der Waals surface area contributed by atoms with E-state index in [2.05, 4.69) is 10.3 Å². The Hall–Kier alpha value is -3.42. The number of amides is 1. The number of nitrogens with zero attached hydrogens (tertiary/aromatic N) is 3. The minimum absolute atomic E-state index is 0.118. The molecule has 0 radical (unpaired) electrons. The molecular formula is C28H28ClFN4O2. The summed E-state index contributed by atoms with van der Waals surface area (Å²) in [7, 11) is 1.80. The van der Waals surface area contributed by atoms with E-state index in [-0.39, 0.29) is 23.5 Å². The molecule has 2 heterocycles. The number of aliphatic imine (C=N–C) groups is 1. The highest BCUT2D eigenvalue weighted by Gasteiger charge is 2.36. The average Bonchev–Trinajstić information content (AvgIpc) is 3.35. The summed E-state index contributed by atoms with van der Waals surface area (Å²) < 4.78 is 14.4. The molecule has 5 rings (SSSR count). The first-order chi connectivity index (χ1) is 17.3. The predicted octanol–water partition coefficient (Wildman–Crippen LogP) is 5.59. The molecule has 6 nitrogen and oxygen atoms in total. The van der Waals surface area contributed by atoms with Crippen molar-refractivity contribution in [2.75, 3.05) is 25.0 Å². The summed E-state index contributed by atoms with van der Waals surface area (Å²) in [5.74, 6) is -0.384. The van der Waals surface area contributed by atoms with E-state index in [4.69, 9.17) is 11.6 Å². The van der Waals surface area contributed by atoms with Crippen LogP contribution in [0.4, 0.5) is 15.8 Å². The Morgan fingerprint density at radius 3 is 2.81 bits per heavy atom. The van der Waals surface area contributed by atoms with Crippen molar-refractivity contribution in [1.82, 2.24) is 10.2 Å². The Bertz CT molecular complexity index is 1320. The van der Waals surface area contributed by atoms with Crippen LogP contribution in [0.3, 0.4) is 0 Å². The molecule has 8 heteroatoms. The lowest BCUT2D eigenvalue weighted by Crippen LogP contribution is -2.46. The van der Waals surface area contributed by atoms with Gasteiger partial charge in [0.1, 0.15) is 17.6 Å². The Morgan fingerprint density at radius 2 is 2.08 bits per heavy atom.